The van der Waals surface area contributed by atoms with Crippen LogP contribution in [0.1, 0.15) is 0 Å². The van der Waals surface area contributed by atoms with Crippen molar-refractivity contribution in [2.45, 2.75) is 0 Å². The van der Waals surface area contributed by atoms with E-state index in [0.717, 1.165) is 11.4 Å². The summed E-state index contributed by atoms with van der Waals surface area (Å²) < 4.78 is 0. The van der Waals surface area contributed by atoms with Gasteiger partial charge < -0.3 is 0 Å². The van der Waals surface area contributed by atoms with Gasteiger partial charge in [0.2, 0.25) is 0 Å². The van der Waals surface area contributed by atoms with Crippen LogP contribution in [-0.2, 0) is 0 Å². The predicted molar refractivity (Wildman–Crippen MR) is 71.8 cm³/mol. The minimum Gasteiger partial charge on any atom is -0.255 e. The minimum absolute atomic E-state index is 0.915. The minimum atomic E-state index is 0.915. The summed E-state index contributed by atoms with van der Waals surface area (Å²) in [6.45, 7) is 0. The molecule has 0 atom stereocenters. The lowest BCUT2D eigenvalue weighted by molar-refractivity contribution is 1.25. The SMILES string of the molecule is c1ccc(-c2ccccn2)nc1.c1ccsc1. The standard InChI is InChI=1S/C10H8N2.C4H4S/c1-3-7-11-9(5-1)10-6-2-4-8-12-10;1-2-4-5-3-1/h1-8H;1-4H. The lowest BCUT2D eigenvalue weighted by Gasteiger charge is -1.96. The summed E-state index contributed by atoms with van der Waals surface area (Å²) >= 11 is 1.71. The van der Waals surface area contributed by atoms with Crippen molar-refractivity contribution in [2.75, 3.05) is 0 Å². The molecule has 3 aromatic rings. The molecule has 3 heterocycles. The van der Waals surface area contributed by atoms with Crippen LogP contribution in [0.25, 0.3) is 11.4 Å². The highest BCUT2D eigenvalue weighted by Crippen LogP contribution is 2.10. The third kappa shape index (κ3) is 3.81. The Kier molecular flexibility index (Phi) is 4.43. The first-order valence-electron chi connectivity index (χ1n) is 5.26. The molecule has 0 unspecified atom stereocenters. The third-order valence-electron chi connectivity index (χ3n) is 2.02. The Hall–Kier alpha value is -2.00. The Morgan fingerprint density at radius 1 is 0.647 bits per heavy atom. The lowest BCUT2D eigenvalue weighted by Crippen LogP contribution is -1.83. The molecule has 0 spiro atoms. The molecule has 0 radical (unpaired) electrons. The van der Waals surface area contributed by atoms with Crippen LogP contribution in [0, 0.1) is 0 Å². The van der Waals surface area contributed by atoms with Crippen molar-refractivity contribution < 1.29 is 0 Å². The summed E-state index contributed by atoms with van der Waals surface area (Å²) in [6, 6.07) is 15.6. The van der Waals surface area contributed by atoms with E-state index in [1.807, 2.05) is 59.3 Å². The average molecular weight is 240 g/mol. The molecule has 3 heteroatoms. The van der Waals surface area contributed by atoms with Crippen molar-refractivity contribution >= 4 is 11.3 Å². The van der Waals surface area contributed by atoms with Crippen LogP contribution in [-0.4, -0.2) is 9.97 Å². The van der Waals surface area contributed by atoms with Gasteiger partial charge in [0, 0.05) is 12.4 Å². The number of thiophene rings is 1. The Labute approximate surface area is 105 Å². The van der Waals surface area contributed by atoms with Crippen molar-refractivity contribution in [1.29, 1.82) is 0 Å². The molecule has 0 aromatic carbocycles. The molecular formula is C14H12N2S. The molecule has 84 valence electrons. The van der Waals surface area contributed by atoms with Crippen LogP contribution in [0.5, 0.6) is 0 Å². The first-order valence-corrected chi connectivity index (χ1v) is 6.21. The van der Waals surface area contributed by atoms with Crippen molar-refractivity contribution in [3.8, 4) is 11.4 Å². The van der Waals surface area contributed by atoms with Gasteiger partial charge >= 0.3 is 0 Å². The zero-order chi connectivity index (χ0) is 11.8. The van der Waals surface area contributed by atoms with E-state index < -0.39 is 0 Å². The van der Waals surface area contributed by atoms with Gasteiger partial charge in [0.1, 0.15) is 0 Å². The zero-order valence-electron chi connectivity index (χ0n) is 9.23. The topological polar surface area (TPSA) is 25.8 Å². The molecular weight excluding hydrogens is 228 g/mol. The summed E-state index contributed by atoms with van der Waals surface area (Å²) in [5.74, 6) is 0. The first kappa shape index (κ1) is 11.5. The highest BCUT2D eigenvalue weighted by molar-refractivity contribution is 7.07. The van der Waals surface area contributed by atoms with Gasteiger partial charge in [-0.25, -0.2) is 0 Å². The van der Waals surface area contributed by atoms with Gasteiger partial charge in [0.25, 0.3) is 0 Å². The molecule has 0 aliphatic heterocycles. The average Bonchev–Trinajstić information content (AvgIpc) is 3.00. The monoisotopic (exact) mass is 240 g/mol. The van der Waals surface area contributed by atoms with Gasteiger partial charge in [-0.1, -0.05) is 24.3 Å². The molecule has 0 bridgehead atoms. The fourth-order valence-corrected chi connectivity index (χ4v) is 1.71. The van der Waals surface area contributed by atoms with E-state index >= 15 is 0 Å². The summed E-state index contributed by atoms with van der Waals surface area (Å²) in [5.41, 5.74) is 1.83. The van der Waals surface area contributed by atoms with Gasteiger partial charge in [-0.15, -0.1) is 0 Å². The van der Waals surface area contributed by atoms with Crippen LogP contribution < -0.4 is 0 Å². The van der Waals surface area contributed by atoms with Gasteiger partial charge in [0.15, 0.2) is 0 Å². The fourth-order valence-electron chi connectivity index (χ4n) is 1.26. The summed E-state index contributed by atoms with van der Waals surface area (Å²) in [5, 5.41) is 4.08. The Balaban J connectivity index is 0.000000181. The third-order valence-corrected chi connectivity index (χ3v) is 2.65. The molecule has 0 amide bonds. The number of aromatic nitrogens is 2. The lowest BCUT2D eigenvalue weighted by atomic mass is 10.2. The van der Waals surface area contributed by atoms with Gasteiger partial charge in [-0.05, 0) is 35.0 Å². The number of hydrogen-bond acceptors (Lipinski definition) is 3. The summed E-state index contributed by atoms with van der Waals surface area (Å²) in [4.78, 5) is 8.37. The number of nitrogens with zero attached hydrogens (tertiary/aromatic N) is 2. The molecule has 3 rings (SSSR count). The van der Waals surface area contributed by atoms with E-state index in [0.29, 0.717) is 0 Å². The second-order valence-corrected chi connectivity index (χ2v) is 4.04. The normalized spacial score (nSPS) is 9.18. The van der Waals surface area contributed by atoms with Gasteiger partial charge in [0.05, 0.1) is 11.4 Å². The van der Waals surface area contributed by atoms with E-state index in [4.69, 9.17) is 0 Å². The number of hydrogen-bond donors (Lipinski definition) is 0. The van der Waals surface area contributed by atoms with E-state index in [1.54, 1.807) is 23.7 Å². The predicted octanol–water partition coefficient (Wildman–Crippen LogP) is 3.89. The largest absolute Gasteiger partial charge is 0.255 e. The van der Waals surface area contributed by atoms with Crippen LogP contribution in [0.4, 0.5) is 0 Å². The molecule has 0 saturated heterocycles. The molecule has 0 fully saturated rings. The number of pyridine rings is 2. The molecule has 0 aliphatic rings. The van der Waals surface area contributed by atoms with Crippen molar-refractivity contribution in [3.63, 3.8) is 0 Å². The van der Waals surface area contributed by atoms with Crippen LogP contribution >= 0.6 is 11.3 Å². The Morgan fingerprint density at radius 3 is 1.47 bits per heavy atom. The molecule has 0 aliphatic carbocycles. The van der Waals surface area contributed by atoms with E-state index in [9.17, 15) is 0 Å². The van der Waals surface area contributed by atoms with Crippen molar-refractivity contribution in [1.82, 2.24) is 9.97 Å². The highest BCUT2D eigenvalue weighted by atomic mass is 32.1. The Bertz CT molecular complexity index is 452. The fraction of sp³-hybridized carbons (Fsp3) is 0. The highest BCUT2D eigenvalue weighted by Gasteiger charge is 1.95. The van der Waals surface area contributed by atoms with Crippen LogP contribution in [0.3, 0.4) is 0 Å². The smallest absolute Gasteiger partial charge is 0.0886 e. The molecule has 0 saturated carbocycles. The second-order valence-electron chi connectivity index (χ2n) is 3.22. The molecule has 0 N–H and O–H groups in total. The quantitative estimate of drug-likeness (QED) is 0.645. The van der Waals surface area contributed by atoms with E-state index in [1.165, 1.54) is 0 Å². The van der Waals surface area contributed by atoms with E-state index in [-0.39, 0.29) is 0 Å². The number of rotatable bonds is 1. The second kappa shape index (κ2) is 6.55. The maximum atomic E-state index is 4.19. The Morgan fingerprint density at radius 2 is 1.18 bits per heavy atom. The van der Waals surface area contributed by atoms with Crippen LogP contribution in [0.2, 0.25) is 0 Å². The maximum Gasteiger partial charge on any atom is 0.0886 e. The van der Waals surface area contributed by atoms with Gasteiger partial charge in [-0.3, -0.25) is 9.97 Å². The summed E-state index contributed by atoms with van der Waals surface area (Å²) in [7, 11) is 0. The first-order chi connectivity index (χ1) is 8.47. The van der Waals surface area contributed by atoms with E-state index in [2.05, 4.69) is 9.97 Å². The van der Waals surface area contributed by atoms with Crippen molar-refractivity contribution in [3.05, 3.63) is 71.7 Å². The molecule has 2 nitrogen and oxygen atoms in total. The summed E-state index contributed by atoms with van der Waals surface area (Å²) in [6.07, 6.45) is 3.54. The molecule has 17 heavy (non-hydrogen) atoms. The van der Waals surface area contributed by atoms with Crippen LogP contribution in [0.15, 0.2) is 71.7 Å². The zero-order valence-corrected chi connectivity index (χ0v) is 10.0. The molecule has 3 aromatic heterocycles. The van der Waals surface area contributed by atoms with Crippen molar-refractivity contribution in [2.24, 2.45) is 0 Å². The van der Waals surface area contributed by atoms with Gasteiger partial charge in [-0.2, -0.15) is 11.3 Å². The maximum absolute atomic E-state index is 4.19.